The second kappa shape index (κ2) is 7.80. The third kappa shape index (κ3) is 3.78. The zero-order chi connectivity index (χ0) is 16.9. The van der Waals surface area contributed by atoms with E-state index in [4.69, 9.17) is 0 Å². The minimum absolute atomic E-state index is 0.501. The molecule has 0 atom stereocenters. The maximum Gasteiger partial charge on any atom is 0.336 e. The first kappa shape index (κ1) is 17.0. The Hall–Kier alpha value is -1.87. The summed E-state index contributed by atoms with van der Waals surface area (Å²) in [5.74, 6) is -0.204. The molecule has 1 saturated heterocycles. The summed E-state index contributed by atoms with van der Waals surface area (Å²) in [4.78, 5) is 14.4. The molecule has 0 unspecified atom stereocenters. The molecular formula is C21H27NO2. The Morgan fingerprint density at radius 1 is 1.17 bits per heavy atom. The summed E-state index contributed by atoms with van der Waals surface area (Å²) in [7, 11) is 0. The molecule has 0 saturated carbocycles. The quantitative estimate of drug-likeness (QED) is 0.844. The van der Waals surface area contributed by atoms with Gasteiger partial charge in [0.25, 0.3) is 0 Å². The van der Waals surface area contributed by atoms with Crippen molar-refractivity contribution in [1.29, 1.82) is 0 Å². The molecule has 1 aliphatic rings. The number of benzene rings is 2. The first-order chi connectivity index (χ1) is 11.7. The van der Waals surface area contributed by atoms with Gasteiger partial charge in [0.15, 0.2) is 0 Å². The summed E-state index contributed by atoms with van der Waals surface area (Å²) in [5, 5.41) is 11.6. The molecule has 1 N–H and O–H groups in total. The van der Waals surface area contributed by atoms with E-state index in [1.54, 1.807) is 0 Å². The van der Waals surface area contributed by atoms with Crippen molar-refractivity contribution in [1.82, 2.24) is 4.90 Å². The molecule has 2 aromatic carbocycles. The van der Waals surface area contributed by atoms with Gasteiger partial charge >= 0.3 is 5.97 Å². The van der Waals surface area contributed by atoms with Gasteiger partial charge in [0.1, 0.15) is 0 Å². The summed E-state index contributed by atoms with van der Waals surface area (Å²) in [6, 6.07) is 11.9. The highest BCUT2D eigenvalue weighted by Gasteiger charge is 2.22. The maximum absolute atomic E-state index is 11.8. The lowest BCUT2D eigenvalue weighted by molar-refractivity contribution is 0.0697. The summed E-state index contributed by atoms with van der Waals surface area (Å²) < 4.78 is 0. The van der Waals surface area contributed by atoms with Crippen LogP contribution in [0.1, 0.15) is 48.5 Å². The number of fused-ring (bicyclic) bond motifs is 1. The molecule has 1 fully saturated rings. The molecule has 1 aliphatic heterocycles. The summed E-state index contributed by atoms with van der Waals surface area (Å²) in [6.45, 7) is 5.75. The number of carboxylic acids is 1. The van der Waals surface area contributed by atoms with Crippen LogP contribution >= 0.6 is 0 Å². The number of carbonyl (C=O) groups is 1. The van der Waals surface area contributed by atoms with Gasteiger partial charge in [-0.25, -0.2) is 4.79 Å². The zero-order valence-corrected chi connectivity index (χ0v) is 14.5. The van der Waals surface area contributed by atoms with Crippen molar-refractivity contribution in [2.45, 2.75) is 39.0 Å². The Morgan fingerprint density at radius 3 is 2.62 bits per heavy atom. The molecule has 0 spiro atoms. The molecule has 24 heavy (non-hydrogen) atoms. The first-order valence-electron chi connectivity index (χ1n) is 9.15. The van der Waals surface area contributed by atoms with Crippen LogP contribution in [0.5, 0.6) is 0 Å². The zero-order valence-electron chi connectivity index (χ0n) is 14.5. The molecular weight excluding hydrogens is 298 g/mol. The van der Waals surface area contributed by atoms with Crippen LogP contribution in [0.25, 0.3) is 10.8 Å². The Bertz CT molecular complexity index is 702. The van der Waals surface area contributed by atoms with Gasteiger partial charge in [-0.1, -0.05) is 49.7 Å². The third-order valence-corrected chi connectivity index (χ3v) is 5.27. The van der Waals surface area contributed by atoms with Crippen molar-refractivity contribution < 1.29 is 9.90 Å². The average molecular weight is 325 g/mol. The van der Waals surface area contributed by atoms with E-state index >= 15 is 0 Å². The van der Waals surface area contributed by atoms with Gasteiger partial charge in [-0.3, -0.25) is 0 Å². The van der Waals surface area contributed by atoms with Crippen molar-refractivity contribution in [3.63, 3.8) is 0 Å². The van der Waals surface area contributed by atoms with Crippen LogP contribution in [0.3, 0.4) is 0 Å². The predicted octanol–water partition coefficient (Wildman–Crippen LogP) is 4.59. The fourth-order valence-corrected chi connectivity index (χ4v) is 3.85. The van der Waals surface area contributed by atoms with Crippen molar-refractivity contribution in [3.8, 4) is 0 Å². The van der Waals surface area contributed by atoms with E-state index in [1.807, 2.05) is 30.3 Å². The number of piperidine rings is 1. The summed E-state index contributed by atoms with van der Waals surface area (Å²) in [6.07, 6.45) is 5.76. The number of carboxylic acid groups (broad SMARTS) is 1. The second-order valence-corrected chi connectivity index (χ2v) is 6.97. The molecule has 128 valence electrons. The van der Waals surface area contributed by atoms with Crippen LogP contribution in [0.4, 0.5) is 0 Å². The second-order valence-electron chi connectivity index (χ2n) is 6.97. The fraction of sp³-hybridized carbons (Fsp3) is 0.476. The van der Waals surface area contributed by atoms with Crippen LogP contribution in [0.2, 0.25) is 0 Å². The third-order valence-electron chi connectivity index (χ3n) is 5.27. The van der Waals surface area contributed by atoms with Crippen LogP contribution in [-0.2, 0) is 6.42 Å². The number of hydrogen-bond acceptors (Lipinski definition) is 2. The lowest BCUT2D eigenvalue weighted by Crippen LogP contribution is -2.35. The topological polar surface area (TPSA) is 40.5 Å². The van der Waals surface area contributed by atoms with Gasteiger partial charge in [-0.2, -0.15) is 0 Å². The molecule has 3 heteroatoms. The molecule has 0 aromatic heterocycles. The monoisotopic (exact) mass is 325 g/mol. The van der Waals surface area contributed by atoms with Crippen LogP contribution < -0.4 is 0 Å². The lowest BCUT2D eigenvalue weighted by Gasteiger charge is -2.32. The summed E-state index contributed by atoms with van der Waals surface area (Å²) in [5.41, 5.74) is 1.50. The van der Waals surface area contributed by atoms with Crippen LogP contribution in [0.15, 0.2) is 36.4 Å². The van der Waals surface area contributed by atoms with Gasteiger partial charge in [0, 0.05) is 0 Å². The number of likely N-dealkylation sites (tertiary alicyclic amines) is 1. The molecule has 3 rings (SSSR count). The fourth-order valence-electron chi connectivity index (χ4n) is 3.85. The van der Waals surface area contributed by atoms with E-state index in [0.29, 0.717) is 11.5 Å². The number of hydrogen-bond donors (Lipinski definition) is 1. The van der Waals surface area contributed by atoms with Crippen LogP contribution in [-0.4, -0.2) is 35.6 Å². The van der Waals surface area contributed by atoms with E-state index < -0.39 is 5.97 Å². The lowest BCUT2D eigenvalue weighted by atomic mass is 9.87. The largest absolute Gasteiger partial charge is 0.478 e. The van der Waals surface area contributed by atoms with E-state index in [2.05, 4.69) is 17.9 Å². The van der Waals surface area contributed by atoms with Crippen molar-refractivity contribution in [3.05, 3.63) is 47.5 Å². The number of aromatic carboxylic acids is 1. The molecule has 3 nitrogen and oxygen atoms in total. The molecule has 0 amide bonds. The minimum Gasteiger partial charge on any atom is -0.478 e. The van der Waals surface area contributed by atoms with Gasteiger partial charge in [0.2, 0.25) is 0 Å². The SMILES string of the molecule is CCCCN1CCC(Cc2ccc3ccccc3c2C(=O)O)CC1. The van der Waals surface area contributed by atoms with Gasteiger partial charge in [-0.05, 0) is 67.6 Å². The molecule has 0 bridgehead atoms. The van der Waals surface area contributed by atoms with E-state index in [1.165, 1.54) is 32.2 Å². The molecule has 2 aromatic rings. The van der Waals surface area contributed by atoms with E-state index in [-0.39, 0.29) is 0 Å². The number of unbranched alkanes of at least 4 members (excludes halogenated alkanes) is 1. The summed E-state index contributed by atoms with van der Waals surface area (Å²) >= 11 is 0. The van der Waals surface area contributed by atoms with Crippen molar-refractivity contribution in [2.75, 3.05) is 19.6 Å². The number of rotatable bonds is 6. The Balaban J connectivity index is 1.74. The predicted molar refractivity (Wildman–Crippen MR) is 98.7 cm³/mol. The van der Waals surface area contributed by atoms with Crippen LogP contribution in [0, 0.1) is 5.92 Å². The smallest absolute Gasteiger partial charge is 0.336 e. The molecule has 0 aliphatic carbocycles. The van der Waals surface area contributed by atoms with Gasteiger partial charge < -0.3 is 10.0 Å². The van der Waals surface area contributed by atoms with E-state index in [9.17, 15) is 9.90 Å². The standard InChI is InChI=1S/C21H27NO2/c1-2-3-12-22-13-10-16(11-14-22)15-18-9-8-17-6-4-5-7-19(17)20(18)21(23)24/h4-9,16H,2-3,10-15H2,1H3,(H,23,24). The Labute approximate surface area is 144 Å². The van der Waals surface area contributed by atoms with Gasteiger partial charge in [0.05, 0.1) is 5.56 Å². The van der Waals surface area contributed by atoms with E-state index in [0.717, 1.165) is 35.8 Å². The minimum atomic E-state index is -0.804. The normalized spacial score (nSPS) is 16.5. The molecule has 1 heterocycles. The highest BCUT2D eigenvalue weighted by Crippen LogP contribution is 2.28. The Kier molecular flexibility index (Phi) is 5.52. The number of nitrogens with zero attached hydrogens (tertiary/aromatic N) is 1. The highest BCUT2D eigenvalue weighted by molar-refractivity contribution is 6.05. The average Bonchev–Trinajstić information content (AvgIpc) is 2.60. The highest BCUT2D eigenvalue weighted by atomic mass is 16.4. The molecule has 0 radical (unpaired) electrons. The first-order valence-corrected chi connectivity index (χ1v) is 9.15. The van der Waals surface area contributed by atoms with Gasteiger partial charge in [-0.15, -0.1) is 0 Å². The van der Waals surface area contributed by atoms with Crippen molar-refractivity contribution >= 4 is 16.7 Å². The maximum atomic E-state index is 11.8. The van der Waals surface area contributed by atoms with Crippen molar-refractivity contribution in [2.24, 2.45) is 5.92 Å². The Morgan fingerprint density at radius 2 is 1.92 bits per heavy atom.